The molecule has 0 spiro atoms. The largest absolute Gasteiger partial charge is 0.468 e. The summed E-state index contributed by atoms with van der Waals surface area (Å²) in [4.78, 5) is 37.2. The Kier molecular flexibility index (Phi) is 7.30. The summed E-state index contributed by atoms with van der Waals surface area (Å²) in [5.74, 6) is -0.0161. The van der Waals surface area contributed by atoms with Crippen LogP contribution >= 0.6 is 0 Å². The number of rotatable bonds is 9. The van der Waals surface area contributed by atoms with Crippen molar-refractivity contribution >= 4 is 23.6 Å². The first-order chi connectivity index (χ1) is 16.9. The fourth-order valence-electron chi connectivity index (χ4n) is 3.69. The molecule has 4 rings (SSSR count). The number of ether oxygens (including phenoxy) is 2. The Hall–Kier alpha value is -4.33. The molecule has 0 saturated carbocycles. The summed E-state index contributed by atoms with van der Waals surface area (Å²) < 4.78 is 11.1. The van der Waals surface area contributed by atoms with E-state index in [0.717, 1.165) is 11.1 Å². The Morgan fingerprint density at radius 2 is 1.60 bits per heavy atom. The summed E-state index contributed by atoms with van der Waals surface area (Å²) in [6.45, 7) is 1.79. The van der Waals surface area contributed by atoms with Crippen molar-refractivity contribution in [2.24, 2.45) is 0 Å². The minimum atomic E-state index is -1.17. The maximum Gasteiger partial charge on any atom is 0.411 e. The van der Waals surface area contributed by atoms with Crippen molar-refractivity contribution in [1.29, 1.82) is 0 Å². The number of β-lactam (4-membered cyclic amide) rings is 1. The average molecular weight is 474 g/mol. The van der Waals surface area contributed by atoms with Crippen molar-refractivity contribution in [2.75, 3.05) is 5.32 Å². The molecule has 1 aliphatic rings. The van der Waals surface area contributed by atoms with Crippen LogP contribution in [0.15, 0.2) is 84.9 Å². The summed E-state index contributed by atoms with van der Waals surface area (Å²) >= 11 is 0. The molecule has 180 valence electrons. The summed E-state index contributed by atoms with van der Waals surface area (Å²) in [6, 6.07) is 25.7. The van der Waals surface area contributed by atoms with Crippen molar-refractivity contribution in [2.45, 2.75) is 38.1 Å². The van der Waals surface area contributed by atoms with Gasteiger partial charge in [-0.1, -0.05) is 66.7 Å². The second kappa shape index (κ2) is 10.7. The summed E-state index contributed by atoms with van der Waals surface area (Å²) in [5.41, 5.74) is 1.05. The van der Waals surface area contributed by atoms with Gasteiger partial charge in [0.25, 0.3) is 5.91 Å². The lowest BCUT2D eigenvalue weighted by molar-refractivity contribution is -0.153. The van der Waals surface area contributed by atoms with E-state index in [2.05, 4.69) is 16.0 Å². The Labute approximate surface area is 203 Å². The molecule has 1 saturated heterocycles. The van der Waals surface area contributed by atoms with Gasteiger partial charge >= 0.3 is 6.09 Å². The van der Waals surface area contributed by atoms with Gasteiger partial charge in [-0.3, -0.25) is 14.9 Å². The normalized spacial score (nSPS) is 18.5. The molecule has 0 bridgehead atoms. The molecule has 0 aromatic heterocycles. The molecule has 3 aromatic rings. The van der Waals surface area contributed by atoms with E-state index in [-0.39, 0.29) is 24.8 Å². The molecule has 8 heteroatoms. The van der Waals surface area contributed by atoms with Gasteiger partial charge in [0.15, 0.2) is 5.54 Å². The van der Waals surface area contributed by atoms with Gasteiger partial charge in [-0.15, -0.1) is 0 Å². The van der Waals surface area contributed by atoms with Crippen LogP contribution in [-0.4, -0.2) is 29.7 Å². The van der Waals surface area contributed by atoms with Gasteiger partial charge in [0, 0.05) is 12.1 Å². The number of carbonyl (C=O) groups excluding carboxylic acids is 3. The topological polar surface area (TPSA) is 106 Å². The summed E-state index contributed by atoms with van der Waals surface area (Å²) in [7, 11) is 0. The molecule has 3 aromatic carbocycles. The van der Waals surface area contributed by atoms with Gasteiger partial charge in [-0.05, 0) is 42.7 Å². The van der Waals surface area contributed by atoms with E-state index < -0.39 is 17.9 Å². The van der Waals surface area contributed by atoms with Crippen molar-refractivity contribution in [3.05, 3.63) is 96.1 Å². The van der Waals surface area contributed by atoms with Crippen LogP contribution < -0.4 is 20.7 Å². The zero-order valence-corrected chi connectivity index (χ0v) is 19.3. The van der Waals surface area contributed by atoms with E-state index in [1.807, 2.05) is 60.7 Å². The van der Waals surface area contributed by atoms with Gasteiger partial charge < -0.3 is 20.1 Å². The molecule has 0 aliphatic carbocycles. The monoisotopic (exact) mass is 473 g/mol. The Balaban J connectivity index is 1.30. The van der Waals surface area contributed by atoms with E-state index in [4.69, 9.17) is 9.47 Å². The maximum absolute atomic E-state index is 12.7. The van der Waals surface area contributed by atoms with Crippen molar-refractivity contribution in [3.8, 4) is 5.75 Å². The van der Waals surface area contributed by atoms with E-state index in [1.54, 1.807) is 31.2 Å². The number of nitrogens with one attached hydrogen (secondary N) is 3. The molecular weight excluding hydrogens is 446 g/mol. The highest BCUT2D eigenvalue weighted by Gasteiger charge is 2.54. The van der Waals surface area contributed by atoms with E-state index in [1.165, 1.54) is 0 Å². The number of hydrogen-bond acceptors (Lipinski definition) is 5. The fourth-order valence-corrected chi connectivity index (χ4v) is 3.69. The van der Waals surface area contributed by atoms with Crippen molar-refractivity contribution in [1.82, 2.24) is 10.6 Å². The molecule has 1 heterocycles. The van der Waals surface area contributed by atoms with Gasteiger partial charge in [0.05, 0.1) is 0 Å². The number of amides is 3. The molecule has 0 radical (unpaired) electrons. The van der Waals surface area contributed by atoms with E-state index in [9.17, 15) is 14.4 Å². The lowest BCUT2D eigenvalue weighted by Crippen LogP contribution is -2.79. The lowest BCUT2D eigenvalue weighted by atomic mass is 9.90. The Bertz CT molecular complexity index is 1190. The zero-order chi connectivity index (χ0) is 24.7. The molecule has 2 atom stereocenters. The SMILES string of the molecule is CC1(NC(=O)CCc2ccccc2NC(=O)OCc2ccccc2)C(=O)NC1Oc1ccccc1. The first kappa shape index (κ1) is 23.8. The highest BCUT2D eigenvalue weighted by Crippen LogP contribution is 2.25. The van der Waals surface area contributed by atoms with Gasteiger partial charge in [-0.25, -0.2) is 4.79 Å². The van der Waals surface area contributed by atoms with Crippen LogP contribution in [-0.2, 0) is 27.4 Å². The minimum Gasteiger partial charge on any atom is -0.468 e. The van der Waals surface area contributed by atoms with Crippen LogP contribution in [0.5, 0.6) is 5.75 Å². The summed E-state index contributed by atoms with van der Waals surface area (Å²) in [6.07, 6.45) is -0.762. The quantitative estimate of drug-likeness (QED) is 0.410. The number of hydrogen-bond donors (Lipinski definition) is 3. The maximum atomic E-state index is 12.7. The molecular formula is C27H27N3O5. The fraction of sp³-hybridized carbons (Fsp3) is 0.222. The molecule has 1 fully saturated rings. The first-order valence-electron chi connectivity index (χ1n) is 11.3. The second-order valence-corrected chi connectivity index (χ2v) is 8.38. The minimum absolute atomic E-state index is 0.124. The predicted molar refractivity (Wildman–Crippen MR) is 131 cm³/mol. The third-order valence-electron chi connectivity index (χ3n) is 5.74. The van der Waals surface area contributed by atoms with Crippen LogP contribution in [0, 0.1) is 0 Å². The third kappa shape index (κ3) is 5.97. The van der Waals surface area contributed by atoms with Gasteiger partial charge in [0.2, 0.25) is 12.1 Å². The third-order valence-corrected chi connectivity index (χ3v) is 5.74. The van der Waals surface area contributed by atoms with E-state index in [0.29, 0.717) is 17.9 Å². The number of para-hydroxylation sites is 2. The predicted octanol–water partition coefficient (Wildman–Crippen LogP) is 3.78. The van der Waals surface area contributed by atoms with E-state index >= 15 is 0 Å². The highest BCUT2D eigenvalue weighted by molar-refractivity contribution is 5.97. The Morgan fingerprint density at radius 1 is 0.943 bits per heavy atom. The summed E-state index contributed by atoms with van der Waals surface area (Å²) in [5, 5.41) is 8.21. The Morgan fingerprint density at radius 3 is 2.31 bits per heavy atom. The molecule has 3 N–H and O–H groups in total. The second-order valence-electron chi connectivity index (χ2n) is 8.38. The average Bonchev–Trinajstić information content (AvgIpc) is 2.88. The molecule has 8 nitrogen and oxygen atoms in total. The lowest BCUT2D eigenvalue weighted by Gasteiger charge is -2.45. The smallest absolute Gasteiger partial charge is 0.411 e. The molecule has 1 aliphatic heterocycles. The van der Waals surface area contributed by atoms with Crippen LogP contribution in [0.4, 0.5) is 10.5 Å². The number of aryl methyl sites for hydroxylation is 1. The standard InChI is InChI=1S/C27H27N3O5/c1-27(24(32)29-25(27)35-21-13-6-3-7-14-21)30-23(31)17-16-20-12-8-9-15-22(20)28-26(33)34-18-19-10-4-2-5-11-19/h2-15,25H,16-18H2,1H3,(H,28,33)(H,29,32)(H,30,31). The van der Waals surface area contributed by atoms with Crippen LogP contribution in [0.25, 0.3) is 0 Å². The molecule has 35 heavy (non-hydrogen) atoms. The van der Waals surface area contributed by atoms with Gasteiger partial charge in [-0.2, -0.15) is 0 Å². The first-order valence-corrected chi connectivity index (χ1v) is 11.3. The number of anilines is 1. The highest BCUT2D eigenvalue weighted by atomic mass is 16.5. The van der Waals surface area contributed by atoms with Crippen molar-refractivity contribution < 1.29 is 23.9 Å². The van der Waals surface area contributed by atoms with Crippen LogP contribution in [0.1, 0.15) is 24.5 Å². The number of carbonyl (C=O) groups is 3. The van der Waals surface area contributed by atoms with Crippen LogP contribution in [0.3, 0.4) is 0 Å². The molecule has 3 amide bonds. The molecule has 2 unspecified atom stereocenters. The zero-order valence-electron chi connectivity index (χ0n) is 19.3. The van der Waals surface area contributed by atoms with Gasteiger partial charge in [0.1, 0.15) is 12.4 Å². The van der Waals surface area contributed by atoms with Crippen LogP contribution in [0.2, 0.25) is 0 Å². The van der Waals surface area contributed by atoms with Crippen molar-refractivity contribution in [3.63, 3.8) is 0 Å². The number of benzene rings is 3.